The van der Waals surface area contributed by atoms with E-state index in [1.807, 2.05) is 6.07 Å². The molecule has 0 amide bonds. The summed E-state index contributed by atoms with van der Waals surface area (Å²) in [5.41, 5.74) is 0.115. The van der Waals surface area contributed by atoms with Crippen LogP contribution in [-0.2, 0) is 15.3 Å². The van der Waals surface area contributed by atoms with E-state index < -0.39 is 15.1 Å². The molecule has 0 saturated carbocycles. The fourth-order valence-electron chi connectivity index (χ4n) is 1.35. The lowest BCUT2D eigenvalue weighted by molar-refractivity contribution is 0.589. The maximum absolute atomic E-state index is 11.5. The van der Waals surface area contributed by atoms with Crippen molar-refractivity contribution in [3.8, 4) is 0 Å². The van der Waals surface area contributed by atoms with Gasteiger partial charge in [0.25, 0.3) is 0 Å². The van der Waals surface area contributed by atoms with Gasteiger partial charge in [0.05, 0.1) is 10.1 Å². The number of thiophene rings is 1. The second-order valence-electron chi connectivity index (χ2n) is 5.39. The van der Waals surface area contributed by atoms with Crippen molar-refractivity contribution in [1.29, 1.82) is 0 Å². The molecule has 1 aromatic rings. The minimum Gasteiger partial charge on any atom is -0.229 e. The van der Waals surface area contributed by atoms with Gasteiger partial charge < -0.3 is 0 Å². The van der Waals surface area contributed by atoms with Crippen molar-refractivity contribution < 1.29 is 8.42 Å². The first-order valence-corrected chi connectivity index (χ1v) is 9.15. The molecule has 1 aromatic heterocycles. The number of hydrogen-bond acceptors (Lipinski definition) is 3. The fourth-order valence-corrected chi connectivity index (χ4v) is 4.78. The van der Waals surface area contributed by atoms with Gasteiger partial charge in [-0.2, -0.15) is 0 Å². The molecule has 2 atom stereocenters. The highest BCUT2D eigenvalue weighted by Gasteiger charge is 2.27. The summed E-state index contributed by atoms with van der Waals surface area (Å²) in [7, 11) is -3.02. The summed E-state index contributed by atoms with van der Waals surface area (Å²) in [4.78, 5) is 2.23. The van der Waals surface area contributed by atoms with Crippen LogP contribution in [0.4, 0.5) is 0 Å². The largest absolute Gasteiger partial charge is 0.229 e. The predicted octanol–water partition coefficient (Wildman–Crippen LogP) is 3.91. The highest BCUT2D eigenvalue weighted by atomic mass is 79.9. The molecule has 0 N–H and O–H groups in total. The summed E-state index contributed by atoms with van der Waals surface area (Å²) in [6.07, 6.45) is 1.28. The Balaban J connectivity index is 2.99. The van der Waals surface area contributed by atoms with Gasteiger partial charge in [0.15, 0.2) is 9.84 Å². The first-order valence-electron chi connectivity index (χ1n) is 5.46. The molecular weight excluding hydrogens is 320 g/mol. The van der Waals surface area contributed by atoms with E-state index in [1.54, 1.807) is 18.3 Å². The lowest BCUT2D eigenvalue weighted by Gasteiger charge is -2.17. The highest BCUT2D eigenvalue weighted by Crippen LogP contribution is 2.38. The molecule has 1 heterocycles. The van der Waals surface area contributed by atoms with Crippen molar-refractivity contribution in [2.75, 3.05) is 6.26 Å². The van der Waals surface area contributed by atoms with Crippen LogP contribution in [0.2, 0.25) is 0 Å². The monoisotopic (exact) mass is 338 g/mol. The number of rotatable bonds is 3. The third-order valence-electron chi connectivity index (χ3n) is 2.73. The van der Waals surface area contributed by atoms with E-state index in [2.05, 4.69) is 42.8 Å². The third kappa shape index (κ3) is 3.80. The normalized spacial score (nSPS) is 16.8. The molecule has 1 rings (SSSR count). The summed E-state index contributed by atoms with van der Waals surface area (Å²) >= 11 is 5.18. The van der Waals surface area contributed by atoms with E-state index in [-0.39, 0.29) is 10.2 Å². The van der Waals surface area contributed by atoms with Crippen molar-refractivity contribution in [3.05, 3.63) is 21.9 Å². The van der Waals surface area contributed by atoms with E-state index >= 15 is 0 Å². The summed E-state index contributed by atoms with van der Waals surface area (Å²) in [5.74, 6) is 0. The standard InChI is InChI=1S/C12H19BrO2S2/c1-8(17(5,14)15)11(13)9-6-7-10(16-9)12(2,3)4/h6-8,11H,1-5H3. The van der Waals surface area contributed by atoms with E-state index in [4.69, 9.17) is 0 Å². The molecule has 0 saturated heterocycles. The Hall–Kier alpha value is 0.130. The van der Waals surface area contributed by atoms with E-state index in [1.165, 1.54) is 11.1 Å². The summed E-state index contributed by atoms with van der Waals surface area (Å²) in [5, 5.41) is -0.408. The Labute approximate surface area is 116 Å². The minimum absolute atomic E-state index is 0.115. The Bertz CT molecular complexity index is 483. The molecule has 0 radical (unpaired) electrons. The fraction of sp³-hybridized carbons (Fsp3) is 0.667. The zero-order valence-corrected chi connectivity index (χ0v) is 14.0. The summed E-state index contributed by atoms with van der Waals surface area (Å²) in [6, 6.07) is 4.11. The molecule has 0 aliphatic rings. The van der Waals surface area contributed by atoms with Gasteiger partial charge >= 0.3 is 0 Å². The number of hydrogen-bond donors (Lipinski definition) is 0. The van der Waals surface area contributed by atoms with Gasteiger partial charge in [0.2, 0.25) is 0 Å². The van der Waals surface area contributed by atoms with Crippen LogP contribution in [-0.4, -0.2) is 19.9 Å². The molecule has 17 heavy (non-hydrogen) atoms. The Morgan fingerprint density at radius 3 is 2.18 bits per heavy atom. The highest BCUT2D eigenvalue weighted by molar-refractivity contribution is 9.09. The Morgan fingerprint density at radius 2 is 1.82 bits per heavy atom. The molecule has 0 aliphatic carbocycles. The van der Waals surface area contributed by atoms with Crippen LogP contribution < -0.4 is 0 Å². The van der Waals surface area contributed by atoms with Crippen LogP contribution in [0.15, 0.2) is 12.1 Å². The number of sulfone groups is 1. The second-order valence-corrected chi connectivity index (χ2v) is 9.89. The van der Waals surface area contributed by atoms with E-state index in [0.717, 1.165) is 4.88 Å². The van der Waals surface area contributed by atoms with Crippen LogP contribution in [0.3, 0.4) is 0 Å². The van der Waals surface area contributed by atoms with E-state index in [0.29, 0.717) is 0 Å². The molecule has 5 heteroatoms. The summed E-state index contributed by atoms with van der Waals surface area (Å²) < 4.78 is 23.0. The van der Waals surface area contributed by atoms with Crippen LogP contribution >= 0.6 is 27.3 Å². The zero-order chi connectivity index (χ0) is 13.4. The SMILES string of the molecule is CC(C(Br)c1ccc(C(C)(C)C)s1)S(C)(=O)=O. The molecule has 2 nitrogen and oxygen atoms in total. The molecule has 98 valence electrons. The quantitative estimate of drug-likeness (QED) is 0.783. The van der Waals surface area contributed by atoms with Gasteiger partial charge in [-0.15, -0.1) is 11.3 Å². The van der Waals surface area contributed by atoms with Crippen molar-refractivity contribution in [1.82, 2.24) is 0 Å². The molecule has 2 unspecified atom stereocenters. The van der Waals surface area contributed by atoms with Gasteiger partial charge in [-0.1, -0.05) is 36.7 Å². The second kappa shape index (κ2) is 5.02. The number of halogens is 1. The topological polar surface area (TPSA) is 34.1 Å². The van der Waals surface area contributed by atoms with Crippen molar-refractivity contribution in [2.45, 2.75) is 43.2 Å². The zero-order valence-electron chi connectivity index (χ0n) is 10.8. The van der Waals surface area contributed by atoms with Gasteiger partial charge in [0, 0.05) is 16.0 Å². The smallest absolute Gasteiger partial charge is 0.151 e. The maximum Gasteiger partial charge on any atom is 0.151 e. The Morgan fingerprint density at radius 1 is 1.29 bits per heavy atom. The van der Waals surface area contributed by atoms with Crippen LogP contribution in [0, 0.1) is 0 Å². The predicted molar refractivity (Wildman–Crippen MR) is 79.0 cm³/mol. The molecule has 0 fully saturated rings. The van der Waals surface area contributed by atoms with Gasteiger partial charge in [-0.05, 0) is 24.5 Å². The first-order chi connectivity index (χ1) is 7.53. The molecule has 0 aromatic carbocycles. The van der Waals surface area contributed by atoms with Gasteiger partial charge in [0.1, 0.15) is 0 Å². The maximum atomic E-state index is 11.5. The summed E-state index contributed by atoms with van der Waals surface area (Å²) in [6.45, 7) is 8.22. The van der Waals surface area contributed by atoms with Crippen LogP contribution in [0.5, 0.6) is 0 Å². The van der Waals surface area contributed by atoms with Crippen molar-refractivity contribution in [2.24, 2.45) is 0 Å². The van der Waals surface area contributed by atoms with E-state index in [9.17, 15) is 8.42 Å². The third-order valence-corrected chi connectivity index (χ3v) is 7.88. The van der Waals surface area contributed by atoms with Gasteiger partial charge in [-0.25, -0.2) is 8.42 Å². The first kappa shape index (κ1) is 15.2. The molecule has 0 bridgehead atoms. The van der Waals surface area contributed by atoms with Crippen molar-refractivity contribution in [3.63, 3.8) is 0 Å². The van der Waals surface area contributed by atoms with Crippen molar-refractivity contribution >= 4 is 37.1 Å². The minimum atomic E-state index is -3.02. The Kier molecular flexibility index (Phi) is 4.48. The lowest BCUT2D eigenvalue weighted by Crippen LogP contribution is -2.20. The van der Waals surface area contributed by atoms with Gasteiger partial charge in [-0.3, -0.25) is 0 Å². The van der Waals surface area contributed by atoms with Crippen LogP contribution in [0.25, 0.3) is 0 Å². The lowest BCUT2D eigenvalue weighted by atomic mass is 9.95. The number of alkyl halides is 1. The molecule has 0 aliphatic heterocycles. The molecular formula is C12H19BrO2S2. The average Bonchev–Trinajstić information content (AvgIpc) is 2.61. The van der Waals surface area contributed by atoms with Crippen LogP contribution in [0.1, 0.15) is 42.3 Å². The average molecular weight is 339 g/mol. The molecule has 0 spiro atoms.